The van der Waals surface area contributed by atoms with Gasteiger partial charge in [0.1, 0.15) is 0 Å². The second kappa shape index (κ2) is 8.96. The predicted octanol–water partition coefficient (Wildman–Crippen LogP) is 1.73. The Morgan fingerprint density at radius 1 is 1.29 bits per heavy atom. The van der Waals surface area contributed by atoms with Gasteiger partial charge in [0, 0.05) is 24.9 Å². The third-order valence-electron chi connectivity index (χ3n) is 2.62. The highest BCUT2D eigenvalue weighted by Gasteiger charge is 2.01. The van der Waals surface area contributed by atoms with E-state index in [-0.39, 0.29) is 0 Å². The molecule has 0 bridgehead atoms. The Bertz CT molecular complexity index is 305. The van der Waals surface area contributed by atoms with E-state index in [1.54, 1.807) is 13.3 Å². The van der Waals surface area contributed by atoms with Gasteiger partial charge in [0.05, 0.1) is 7.11 Å². The Morgan fingerprint density at radius 2 is 2.12 bits per heavy atom. The lowest BCUT2D eigenvalue weighted by Gasteiger charge is -2.08. The Labute approximate surface area is 103 Å². The molecule has 1 rings (SSSR count). The number of rotatable bonds is 9. The molecule has 0 saturated carbocycles. The number of nitrogens with zero attached hydrogens (tertiary/aromatic N) is 1. The molecule has 0 amide bonds. The monoisotopic (exact) mass is 238 g/mol. The largest absolute Gasteiger partial charge is 0.481 e. The minimum absolute atomic E-state index is 0.306. The van der Waals surface area contributed by atoms with Crippen molar-refractivity contribution in [3.05, 3.63) is 23.9 Å². The molecule has 0 unspecified atom stereocenters. The van der Waals surface area contributed by atoms with Gasteiger partial charge in [-0.15, -0.1) is 0 Å². The van der Waals surface area contributed by atoms with Crippen LogP contribution >= 0.6 is 0 Å². The summed E-state index contributed by atoms with van der Waals surface area (Å²) in [5.74, 6) is 0.695. The zero-order valence-corrected chi connectivity index (χ0v) is 10.5. The molecule has 4 nitrogen and oxygen atoms in total. The predicted molar refractivity (Wildman–Crippen MR) is 68.0 cm³/mol. The van der Waals surface area contributed by atoms with Gasteiger partial charge in [-0.2, -0.15) is 0 Å². The first kappa shape index (κ1) is 13.9. The quantitative estimate of drug-likeness (QED) is 0.643. The normalized spacial score (nSPS) is 10.5. The Hall–Kier alpha value is -1.13. The molecule has 0 aliphatic rings. The molecule has 1 aromatic heterocycles. The highest BCUT2D eigenvalue weighted by atomic mass is 16.5. The zero-order chi connectivity index (χ0) is 12.3. The second-order valence-electron chi connectivity index (χ2n) is 3.99. The van der Waals surface area contributed by atoms with E-state index in [4.69, 9.17) is 9.84 Å². The van der Waals surface area contributed by atoms with E-state index in [0.717, 1.165) is 44.3 Å². The number of hydrogen-bond acceptors (Lipinski definition) is 4. The first-order valence-electron chi connectivity index (χ1n) is 6.18. The fourth-order valence-corrected chi connectivity index (χ4v) is 1.68. The number of methoxy groups -OCH3 is 1. The van der Waals surface area contributed by atoms with Gasteiger partial charge in [0.2, 0.25) is 5.88 Å². The van der Waals surface area contributed by atoms with Crippen molar-refractivity contribution in [2.75, 3.05) is 20.3 Å². The van der Waals surface area contributed by atoms with Crippen molar-refractivity contribution in [2.24, 2.45) is 0 Å². The standard InChI is InChI=1S/C13H22N2O2/c1-17-13-12(7-6-9-15-13)11-14-8-4-2-3-5-10-16/h6-7,9,14,16H,2-5,8,10-11H2,1H3. The molecule has 0 aromatic carbocycles. The molecule has 0 radical (unpaired) electrons. The van der Waals surface area contributed by atoms with Crippen LogP contribution in [0, 0.1) is 0 Å². The van der Waals surface area contributed by atoms with E-state index in [0.29, 0.717) is 12.5 Å². The van der Waals surface area contributed by atoms with Gasteiger partial charge >= 0.3 is 0 Å². The minimum atomic E-state index is 0.306. The van der Waals surface area contributed by atoms with E-state index >= 15 is 0 Å². The van der Waals surface area contributed by atoms with Gasteiger partial charge in [-0.1, -0.05) is 18.9 Å². The van der Waals surface area contributed by atoms with E-state index in [1.807, 2.05) is 12.1 Å². The minimum Gasteiger partial charge on any atom is -0.481 e. The summed E-state index contributed by atoms with van der Waals surface area (Å²) in [5.41, 5.74) is 1.09. The van der Waals surface area contributed by atoms with E-state index in [1.165, 1.54) is 0 Å². The molecular weight excluding hydrogens is 216 g/mol. The summed E-state index contributed by atoms with van der Waals surface area (Å²) < 4.78 is 5.18. The summed E-state index contributed by atoms with van der Waals surface area (Å²) in [6, 6.07) is 3.94. The highest BCUT2D eigenvalue weighted by molar-refractivity contribution is 5.24. The molecule has 17 heavy (non-hydrogen) atoms. The van der Waals surface area contributed by atoms with Crippen molar-refractivity contribution in [3.8, 4) is 5.88 Å². The maximum absolute atomic E-state index is 8.64. The topological polar surface area (TPSA) is 54.4 Å². The van der Waals surface area contributed by atoms with Crippen LogP contribution in [0.5, 0.6) is 5.88 Å². The third kappa shape index (κ3) is 5.65. The molecule has 0 spiro atoms. The first-order chi connectivity index (χ1) is 8.38. The molecule has 4 heteroatoms. The van der Waals surface area contributed by atoms with Crippen molar-refractivity contribution < 1.29 is 9.84 Å². The van der Waals surface area contributed by atoms with E-state index in [2.05, 4.69) is 10.3 Å². The molecule has 0 saturated heterocycles. The number of aliphatic hydroxyl groups is 1. The molecule has 1 heterocycles. The van der Waals surface area contributed by atoms with Crippen LogP contribution in [0.2, 0.25) is 0 Å². The smallest absolute Gasteiger partial charge is 0.217 e. The van der Waals surface area contributed by atoms with Crippen LogP contribution in [0.3, 0.4) is 0 Å². The maximum Gasteiger partial charge on any atom is 0.217 e. The Morgan fingerprint density at radius 3 is 2.88 bits per heavy atom. The average molecular weight is 238 g/mol. The molecule has 96 valence electrons. The number of unbranched alkanes of at least 4 members (excludes halogenated alkanes) is 3. The number of ether oxygens (including phenoxy) is 1. The molecule has 0 atom stereocenters. The van der Waals surface area contributed by atoms with Crippen molar-refractivity contribution in [1.82, 2.24) is 10.3 Å². The van der Waals surface area contributed by atoms with Crippen LogP contribution in [0.4, 0.5) is 0 Å². The fourth-order valence-electron chi connectivity index (χ4n) is 1.68. The van der Waals surface area contributed by atoms with Crippen LogP contribution in [-0.2, 0) is 6.54 Å². The van der Waals surface area contributed by atoms with Crippen LogP contribution < -0.4 is 10.1 Å². The first-order valence-corrected chi connectivity index (χ1v) is 6.18. The second-order valence-corrected chi connectivity index (χ2v) is 3.99. The number of hydrogen-bond donors (Lipinski definition) is 2. The van der Waals surface area contributed by atoms with Gasteiger partial charge in [0.15, 0.2) is 0 Å². The van der Waals surface area contributed by atoms with Crippen molar-refractivity contribution in [2.45, 2.75) is 32.2 Å². The van der Waals surface area contributed by atoms with Crippen molar-refractivity contribution in [1.29, 1.82) is 0 Å². The van der Waals surface area contributed by atoms with Crippen LogP contribution in [0.1, 0.15) is 31.2 Å². The summed E-state index contributed by atoms with van der Waals surface area (Å²) in [6.45, 7) is 2.08. The number of nitrogens with one attached hydrogen (secondary N) is 1. The third-order valence-corrected chi connectivity index (χ3v) is 2.62. The lowest BCUT2D eigenvalue weighted by molar-refractivity contribution is 0.282. The van der Waals surface area contributed by atoms with Crippen LogP contribution in [0.15, 0.2) is 18.3 Å². The van der Waals surface area contributed by atoms with Gasteiger partial charge in [-0.25, -0.2) is 4.98 Å². The van der Waals surface area contributed by atoms with E-state index in [9.17, 15) is 0 Å². The summed E-state index contributed by atoms with van der Waals surface area (Å²) in [6.07, 6.45) is 6.06. The van der Waals surface area contributed by atoms with E-state index < -0.39 is 0 Å². The zero-order valence-electron chi connectivity index (χ0n) is 10.5. The molecule has 1 aromatic rings. The summed E-state index contributed by atoms with van der Waals surface area (Å²) in [7, 11) is 1.64. The SMILES string of the molecule is COc1ncccc1CNCCCCCCO. The summed E-state index contributed by atoms with van der Waals surface area (Å²) in [4.78, 5) is 4.15. The lowest BCUT2D eigenvalue weighted by atomic mass is 10.2. The number of pyridine rings is 1. The van der Waals surface area contributed by atoms with Gasteiger partial charge in [-0.05, 0) is 25.5 Å². The van der Waals surface area contributed by atoms with Crippen LogP contribution in [-0.4, -0.2) is 30.4 Å². The average Bonchev–Trinajstić information content (AvgIpc) is 2.38. The number of aromatic nitrogens is 1. The van der Waals surface area contributed by atoms with Gasteiger partial charge in [-0.3, -0.25) is 0 Å². The maximum atomic E-state index is 8.64. The molecular formula is C13H22N2O2. The Kier molecular flexibility index (Phi) is 7.34. The Balaban J connectivity index is 2.13. The molecule has 0 fully saturated rings. The van der Waals surface area contributed by atoms with Gasteiger partial charge in [0.25, 0.3) is 0 Å². The fraction of sp³-hybridized carbons (Fsp3) is 0.615. The molecule has 2 N–H and O–H groups in total. The lowest BCUT2D eigenvalue weighted by Crippen LogP contribution is -2.15. The summed E-state index contributed by atoms with van der Waals surface area (Å²) in [5, 5.41) is 12.0. The van der Waals surface area contributed by atoms with Crippen LogP contribution in [0.25, 0.3) is 0 Å². The molecule has 0 aliphatic heterocycles. The van der Waals surface area contributed by atoms with Gasteiger partial charge < -0.3 is 15.2 Å². The number of aliphatic hydroxyl groups excluding tert-OH is 1. The van der Waals surface area contributed by atoms with Crippen molar-refractivity contribution >= 4 is 0 Å². The summed E-state index contributed by atoms with van der Waals surface area (Å²) >= 11 is 0. The highest BCUT2D eigenvalue weighted by Crippen LogP contribution is 2.12. The van der Waals surface area contributed by atoms with Crippen molar-refractivity contribution in [3.63, 3.8) is 0 Å². The molecule has 0 aliphatic carbocycles.